The molecule has 0 aliphatic heterocycles. The lowest BCUT2D eigenvalue weighted by Gasteiger charge is -2.16. The van der Waals surface area contributed by atoms with Crippen LogP contribution in [0.4, 0.5) is 0 Å². The number of hydrogen-bond donors (Lipinski definition) is 0. The zero-order chi connectivity index (χ0) is 13.7. The summed E-state index contributed by atoms with van der Waals surface area (Å²) in [6.07, 6.45) is 0.890. The summed E-state index contributed by atoms with van der Waals surface area (Å²) >= 11 is 5.99. The lowest BCUT2D eigenvalue weighted by Crippen LogP contribution is -2.29. The van der Waals surface area contributed by atoms with Crippen molar-refractivity contribution in [2.24, 2.45) is 0 Å². The largest absolute Gasteiger partial charge is 0.496 e. The Kier molecular flexibility index (Phi) is 5.16. The maximum Gasteiger partial charge on any atom is 0.286 e. The summed E-state index contributed by atoms with van der Waals surface area (Å²) in [5.41, 5.74) is 1.87. The summed E-state index contributed by atoms with van der Waals surface area (Å²) in [6.45, 7) is 2.35. The van der Waals surface area contributed by atoms with Crippen molar-refractivity contribution >= 4 is 23.8 Å². The highest BCUT2D eigenvalue weighted by Gasteiger charge is 2.11. The van der Waals surface area contributed by atoms with Crippen LogP contribution in [0.2, 0.25) is 5.02 Å². The van der Waals surface area contributed by atoms with E-state index in [1.807, 2.05) is 19.1 Å². The van der Waals surface area contributed by atoms with Gasteiger partial charge in [0.1, 0.15) is 5.75 Å². The molecule has 98 valence electrons. The van der Waals surface area contributed by atoms with Crippen molar-refractivity contribution in [3.8, 4) is 5.75 Å². The number of aldehydes is 1. The summed E-state index contributed by atoms with van der Waals surface area (Å²) in [4.78, 5) is 22.8. The van der Waals surface area contributed by atoms with Gasteiger partial charge in [-0.1, -0.05) is 11.6 Å². The summed E-state index contributed by atoms with van der Waals surface area (Å²) < 4.78 is 5.32. The van der Waals surface area contributed by atoms with Gasteiger partial charge in [0.05, 0.1) is 7.11 Å². The summed E-state index contributed by atoms with van der Waals surface area (Å²) in [5.74, 6) is 0.235. The van der Waals surface area contributed by atoms with Crippen LogP contribution in [0.3, 0.4) is 0 Å². The van der Waals surface area contributed by atoms with E-state index in [0.717, 1.165) is 16.9 Å². The van der Waals surface area contributed by atoms with Crippen LogP contribution in [-0.4, -0.2) is 37.8 Å². The number of likely N-dealkylation sites (N-methyl/N-ethyl adjacent to an activating group) is 1. The predicted octanol–water partition coefficient (Wildman–Crippen LogP) is 1.86. The van der Waals surface area contributed by atoms with Gasteiger partial charge in [0.25, 0.3) is 5.91 Å². The number of amides is 1. The lowest BCUT2D eigenvalue weighted by atomic mass is 10.1. The Morgan fingerprint density at radius 1 is 1.50 bits per heavy atom. The Labute approximate surface area is 111 Å². The third-order valence-corrected chi connectivity index (χ3v) is 2.93. The molecule has 0 radical (unpaired) electrons. The molecule has 0 N–H and O–H groups in total. The molecule has 0 spiro atoms. The lowest BCUT2D eigenvalue weighted by molar-refractivity contribution is -0.137. The highest BCUT2D eigenvalue weighted by atomic mass is 35.5. The summed E-state index contributed by atoms with van der Waals surface area (Å²) in [6, 6.07) is 3.64. The highest BCUT2D eigenvalue weighted by Crippen LogP contribution is 2.27. The average Bonchev–Trinajstić information content (AvgIpc) is 2.34. The van der Waals surface area contributed by atoms with E-state index in [4.69, 9.17) is 16.3 Å². The molecule has 0 saturated heterocycles. The molecule has 0 bridgehead atoms. The molecule has 1 aromatic rings. The molecule has 0 unspecified atom stereocenters. The van der Waals surface area contributed by atoms with Crippen LogP contribution >= 0.6 is 11.6 Å². The summed E-state index contributed by atoms with van der Waals surface area (Å²) in [7, 11) is 3.18. The molecule has 1 aromatic carbocycles. The van der Waals surface area contributed by atoms with E-state index in [0.29, 0.717) is 24.3 Å². The van der Waals surface area contributed by atoms with Crippen LogP contribution in [0.5, 0.6) is 5.75 Å². The van der Waals surface area contributed by atoms with Gasteiger partial charge in [0.15, 0.2) is 0 Å². The van der Waals surface area contributed by atoms with Crippen LogP contribution < -0.4 is 4.74 Å². The third-order valence-electron chi connectivity index (χ3n) is 2.71. The first-order chi connectivity index (χ1) is 8.49. The predicted molar refractivity (Wildman–Crippen MR) is 70.1 cm³/mol. The molecular formula is C13H16ClNO3. The summed E-state index contributed by atoms with van der Waals surface area (Å²) in [5, 5.41) is 0.632. The van der Waals surface area contributed by atoms with E-state index >= 15 is 0 Å². The second-order valence-corrected chi connectivity index (χ2v) is 4.48. The minimum absolute atomic E-state index is 0.306. The fourth-order valence-corrected chi connectivity index (χ4v) is 2.06. The van der Waals surface area contributed by atoms with Gasteiger partial charge in [-0.15, -0.1) is 0 Å². The standard InChI is InChI=1S/C13H16ClNO3/c1-9-6-11(14)7-10(13(9)18-3)4-5-15(2)12(17)8-16/h6-8H,4-5H2,1-3H3. The molecule has 0 aromatic heterocycles. The molecule has 0 aliphatic rings. The minimum atomic E-state index is -0.535. The number of aryl methyl sites for hydroxylation is 1. The van der Waals surface area contributed by atoms with E-state index in [-0.39, 0.29) is 0 Å². The Balaban J connectivity index is 2.84. The van der Waals surface area contributed by atoms with Gasteiger partial charge in [-0.25, -0.2) is 0 Å². The minimum Gasteiger partial charge on any atom is -0.496 e. The highest BCUT2D eigenvalue weighted by molar-refractivity contribution is 6.30. The fraction of sp³-hybridized carbons (Fsp3) is 0.385. The van der Waals surface area contributed by atoms with Crippen molar-refractivity contribution in [3.63, 3.8) is 0 Å². The number of nitrogens with zero attached hydrogens (tertiary/aromatic N) is 1. The van der Waals surface area contributed by atoms with Crippen LogP contribution in [0.25, 0.3) is 0 Å². The number of hydrogen-bond acceptors (Lipinski definition) is 3. The molecule has 0 heterocycles. The van der Waals surface area contributed by atoms with E-state index in [2.05, 4.69) is 0 Å². The van der Waals surface area contributed by atoms with Crippen molar-refractivity contribution in [2.45, 2.75) is 13.3 Å². The van der Waals surface area contributed by atoms with Gasteiger partial charge in [0, 0.05) is 18.6 Å². The number of carbonyl (C=O) groups is 2. The van der Waals surface area contributed by atoms with Gasteiger partial charge in [0.2, 0.25) is 6.29 Å². The van der Waals surface area contributed by atoms with Gasteiger partial charge in [-0.3, -0.25) is 9.59 Å². The Morgan fingerprint density at radius 3 is 2.72 bits per heavy atom. The van der Waals surface area contributed by atoms with E-state index < -0.39 is 5.91 Å². The molecule has 4 nitrogen and oxygen atoms in total. The number of benzene rings is 1. The normalized spacial score (nSPS) is 10.0. The number of carbonyl (C=O) groups excluding carboxylic acids is 2. The first-order valence-corrected chi connectivity index (χ1v) is 5.90. The fourth-order valence-electron chi connectivity index (χ4n) is 1.77. The van der Waals surface area contributed by atoms with Crippen LogP contribution in [0.15, 0.2) is 12.1 Å². The SMILES string of the molecule is COc1c(C)cc(Cl)cc1CCN(C)C(=O)C=O. The Bertz CT molecular complexity index is 460. The topological polar surface area (TPSA) is 46.6 Å². The molecule has 0 aliphatic carbocycles. The second-order valence-electron chi connectivity index (χ2n) is 4.04. The molecule has 5 heteroatoms. The first kappa shape index (κ1) is 14.5. The second kappa shape index (κ2) is 6.40. The maximum absolute atomic E-state index is 11.1. The van der Waals surface area contributed by atoms with E-state index in [1.165, 1.54) is 4.90 Å². The number of ether oxygens (including phenoxy) is 1. The molecule has 0 saturated carbocycles. The van der Waals surface area contributed by atoms with Crippen molar-refractivity contribution in [1.29, 1.82) is 0 Å². The third kappa shape index (κ3) is 3.47. The van der Waals surface area contributed by atoms with Gasteiger partial charge in [-0.05, 0) is 36.6 Å². The monoisotopic (exact) mass is 269 g/mol. The van der Waals surface area contributed by atoms with E-state index in [9.17, 15) is 9.59 Å². The Morgan fingerprint density at radius 2 is 2.17 bits per heavy atom. The van der Waals surface area contributed by atoms with Crippen molar-refractivity contribution in [3.05, 3.63) is 28.3 Å². The van der Waals surface area contributed by atoms with Crippen molar-refractivity contribution in [1.82, 2.24) is 4.90 Å². The van der Waals surface area contributed by atoms with Crippen molar-refractivity contribution < 1.29 is 14.3 Å². The van der Waals surface area contributed by atoms with Gasteiger partial charge in [-0.2, -0.15) is 0 Å². The van der Waals surface area contributed by atoms with Crippen molar-refractivity contribution in [2.75, 3.05) is 20.7 Å². The van der Waals surface area contributed by atoms with Crippen LogP contribution in [-0.2, 0) is 16.0 Å². The molecule has 1 amide bonds. The molecule has 0 fully saturated rings. The molecule has 18 heavy (non-hydrogen) atoms. The first-order valence-electron chi connectivity index (χ1n) is 5.53. The zero-order valence-corrected chi connectivity index (χ0v) is 11.5. The number of halogens is 1. The Hall–Kier alpha value is -1.55. The number of methoxy groups -OCH3 is 1. The zero-order valence-electron chi connectivity index (χ0n) is 10.7. The van der Waals surface area contributed by atoms with E-state index in [1.54, 1.807) is 14.2 Å². The molecule has 0 atom stereocenters. The van der Waals surface area contributed by atoms with Crippen LogP contribution in [0.1, 0.15) is 11.1 Å². The maximum atomic E-state index is 11.1. The smallest absolute Gasteiger partial charge is 0.286 e. The van der Waals surface area contributed by atoms with Gasteiger partial charge >= 0.3 is 0 Å². The number of rotatable bonds is 5. The quantitative estimate of drug-likeness (QED) is 0.605. The van der Waals surface area contributed by atoms with Gasteiger partial charge < -0.3 is 9.64 Å². The molecular weight excluding hydrogens is 254 g/mol. The molecule has 1 rings (SSSR count). The average molecular weight is 270 g/mol. The van der Waals surface area contributed by atoms with Crippen LogP contribution in [0, 0.1) is 6.92 Å².